The van der Waals surface area contributed by atoms with Gasteiger partial charge in [-0.3, -0.25) is 9.59 Å². The van der Waals surface area contributed by atoms with Crippen molar-refractivity contribution >= 4 is 33.4 Å². The number of Topliss-reactive ketones (excluding diaryl/α,β-unsaturated/α-hetero) is 1. The van der Waals surface area contributed by atoms with E-state index < -0.39 is 17.7 Å². The topological polar surface area (TPSA) is 70.1 Å². The number of nitrogens with zero attached hydrogens (tertiary/aromatic N) is 2. The summed E-state index contributed by atoms with van der Waals surface area (Å²) in [6.07, 6.45) is 0.737. The van der Waals surface area contributed by atoms with Crippen LogP contribution in [0.4, 0.5) is 0 Å². The third-order valence-electron chi connectivity index (χ3n) is 5.54. The van der Waals surface area contributed by atoms with Crippen LogP contribution in [0.5, 0.6) is 5.75 Å². The molecule has 0 aromatic heterocycles. The number of benzene rings is 2. The Morgan fingerprint density at radius 3 is 2.39 bits per heavy atom. The smallest absolute Gasteiger partial charge is 0.295 e. The number of carbonyl (C=O) groups is 2. The zero-order valence-electron chi connectivity index (χ0n) is 19.8. The van der Waals surface area contributed by atoms with Crippen LogP contribution in [-0.4, -0.2) is 59.9 Å². The van der Waals surface area contributed by atoms with Crippen LogP contribution >= 0.6 is 15.9 Å². The lowest BCUT2D eigenvalue weighted by Gasteiger charge is -2.26. The van der Waals surface area contributed by atoms with E-state index in [0.717, 1.165) is 27.9 Å². The standard InChI is InChI=1S/C26H31BrN2O4/c1-16(2)33-21-12-9-19(15-17(21)3)24(30)22-23(18-7-10-20(27)11-8-18)29(26(32)25(22)31)14-6-13-28(4)5/h7-12,15-16,23,30H,6,13-14H2,1-5H3. The maximum Gasteiger partial charge on any atom is 0.295 e. The monoisotopic (exact) mass is 514 g/mol. The van der Waals surface area contributed by atoms with Crippen LogP contribution in [0.3, 0.4) is 0 Å². The predicted octanol–water partition coefficient (Wildman–Crippen LogP) is 4.92. The van der Waals surface area contributed by atoms with Crippen molar-refractivity contribution in [1.29, 1.82) is 0 Å². The lowest BCUT2D eigenvalue weighted by Crippen LogP contribution is -2.32. The molecule has 1 saturated heterocycles. The molecule has 1 unspecified atom stereocenters. The number of hydrogen-bond donors (Lipinski definition) is 1. The summed E-state index contributed by atoms with van der Waals surface area (Å²) in [6, 6.07) is 12.1. The Balaban J connectivity index is 2.07. The second kappa shape index (κ2) is 10.5. The Labute approximate surface area is 204 Å². The van der Waals surface area contributed by atoms with E-state index >= 15 is 0 Å². The van der Waals surface area contributed by atoms with Gasteiger partial charge in [0.05, 0.1) is 17.7 Å². The molecule has 176 valence electrons. The van der Waals surface area contributed by atoms with Gasteiger partial charge >= 0.3 is 0 Å². The highest BCUT2D eigenvalue weighted by molar-refractivity contribution is 9.10. The van der Waals surface area contributed by atoms with Crippen LogP contribution in [0.15, 0.2) is 52.5 Å². The molecule has 3 rings (SSSR count). The molecule has 0 radical (unpaired) electrons. The Morgan fingerprint density at radius 1 is 1.15 bits per heavy atom. The molecule has 1 N–H and O–H groups in total. The van der Waals surface area contributed by atoms with Crippen molar-refractivity contribution in [2.75, 3.05) is 27.2 Å². The second-order valence-electron chi connectivity index (χ2n) is 8.85. The molecule has 33 heavy (non-hydrogen) atoms. The Kier molecular flexibility index (Phi) is 7.97. The van der Waals surface area contributed by atoms with E-state index in [1.54, 1.807) is 23.1 Å². The van der Waals surface area contributed by atoms with E-state index in [9.17, 15) is 14.7 Å². The molecule has 2 aromatic rings. The molecule has 0 bridgehead atoms. The number of amides is 1. The minimum Gasteiger partial charge on any atom is -0.507 e. The van der Waals surface area contributed by atoms with Gasteiger partial charge in [-0.2, -0.15) is 0 Å². The molecule has 7 heteroatoms. The first-order valence-electron chi connectivity index (χ1n) is 11.1. The van der Waals surface area contributed by atoms with Crippen LogP contribution < -0.4 is 4.74 Å². The van der Waals surface area contributed by atoms with Gasteiger partial charge in [0, 0.05) is 16.6 Å². The molecular formula is C26H31BrN2O4. The summed E-state index contributed by atoms with van der Waals surface area (Å²) < 4.78 is 6.69. The van der Waals surface area contributed by atoms with E-state index in [0.29, 0.717) is 18.5 Å². The molecule has 0 aliphatic carbocycles. The third kappa shape index (κ3) is 5.65. The molecule has 1 amide bonds. The van der Waals surface area contributed by atoms with Gasteiger partial charge in [0.15, 0.2) is 0 Å². The molecule has 2 aromatic carbocycles. The zero-order valence-corrected chi connectivity index (χ0v) is 21.3. The molecule has 1 fully saturated rings. The van der Waals surface area contributed by atoms with Crippen molar-refractivity contribution < 1.29 is 19.4 Å². The number of aliphatic hydroxyl groups is 1. The van der Waals surface area contributed by atoms with Gasteiger partial charge in [-0.1, -0.05) is 28.1 Å². The van der Waals surface area contributed by atoms with Crippen molar-refractivity contribution in [2.45, 2.75) is 39.3 Å². The van der Waals surface area contributed by atoms with E-state index in [1.807, 2.05) is 64.0 Å². The predicted molar refractivity (Wildman–Crippen MR) is 133 cm³/mol. The van der Waals surface area contributed by atoms with Gasteiger partial charge in [0.1, 0.15) is 11.5 Å². The maximum absolute atomic E-state index is 13.1. The van der Waals surface area contributed by atoms with Gasteiger partial charge in [0.25, 0.3) is 11.7 Å². The molecule has 1 atom stereocenters. The summed E-state index contributed by atoms with van der Waals surface area (Å²) in [7, 11) is 3.94. The van der Waals surface area contributed by atoms with Crippen LogP contribution in [0.1, 0.15) is 43.0 Å². The van der Waals surface area contributed by atoms with E-state index in [2.05, 4.69) is 15.9 Å². The average Bonchev–Trinajstić information content (AvgIpc) is 2.99. The molecule has 0 spiro atoms. The SMILES string of the molecule is Cc1cc(C(O)=C2C(=O)C(=O)N(CCCN(C)C)C2c2ccc(Br)cc2)ccc1OC(C)C. The van der Waals surface area contributed by atoms with Crippen LogP contribution in [0.2, 0.25) is 0 Å². The van der Waals surface area contributed by atoms with Gasteiger partial charge in [0.2, 0.25) is 0 Å². The van der Waals surface area contributed by atoms with Gasteiger partial charge < -0.3 is 19.6 Å². The summed E-state index contributed by atoms with van der Waals surface area (Å²) in [5.41, 5.74) is 2.22. The number of ether oxygens (including phenoxy) is 1. The highest BCUT2D eigenvalue weighted by Gasteiger charge is 2.45. The summed E-state index contributed by atoms with van der Waals surface area (Å²) >= 11 is 3.44. The Bertz CT molecular complexity index is 1060. The number of aliphatic hydroxyl groups excluding tert-OH is 1. The summed E-state index contributed by atoms with van der Waals surface area (Å²) in [5.74, 6) is -0.698. The van der Waals surface area contributed by atoms with Crippen molar-refractivity contribution in [3.8, 4) is 5.75 Å². The highest BCUT2D eigenvalue weighted by atomic mass is 79.9. The van der Waals surface area contributed by atoms with Crippen molar-refractivity contribution in [2.24, 2.45) is 0 Å². The first kappa shape index (κ1) is 25.0. The normalized spacial score (nSPS) is 17.9. The fourth-order valence-corrected chi connectivity index (χ4v) is 4.26. The lowest BCUT2D eigenvalue weighted by molar-refractivity contribution is -0.139. The van der Waals surface area contributed by atoms with E-state index in [-0.39, 0.29) is 17.4 Å². The summed E-state index contributed by atoms with van der Waals surface area (Å²) in [6.45, 7) is 6.99. The summed E-state index contributed by atoms with van der Waals surface area (Å²) in [5, 5.41) is 11.2. The van der Waals surface area contributed by atoms with Gasteiger partial charge in [-0.25, -0.2) is 0 Å². The minimum absolute atomic E-state index is 0.0213. The minimum atomic E-state index is -0.662. The zero-order chi connectivity index (χ0) is 24.3. The maximum atomic E-state index is 13.1. The molecule has 1 aliphatic heterocycles. The fraction of sp³-hybridized carbons (Fsp3) is 0.385. The second-order valence-corrected chi connectivity index (χ2v) is 9.76. The van der Waals surface area contributed by atoms with E-state index in [1.165, 1.54) is 0 Å². The van der Waals surface area contributed by atoms with Crippen LogP contribution in [0, 0.1) is 6.92 Å². The first-order chi connectivity index (χ1) is 15.6. The molecule has 6 nitrogen and oxygen atoms in total. The number of halogens is 1. The van der Waals surface area contributed by atoms with Gasteiger partial charge in [-0.05, 0) is 89.3 Å². The number of likely N-dealkylation sites (tertiary alicyclic amines) is 1. The summed E-state index contributed by atoms with van der Waals surface area (Å²) in [4.78, 5) is 29.7. The average molecular weight is 515 g/mol. The molecule has 1 heterocycles. The largest absolute Gasteiger partial charge is 0.507 e. The van der Waals surface area contributed by atoms with Crippen molar-refractivity contribution in [1.82, 2.24) is 9.80 Å². The number of aryl methyl sites for hydroxylation is 1. The van der Waals surface area contributed by atoms with Gasteiger partial charge in [-0.15, -0.1) is 0 Å². The number of ketones is 1. The van der Waals surface area contributed by atoms with Crippen LogP contribution in [0.25, 0.3) is 5.76 Å². The molecule has 0 saturated carbocycles. The number of hydrogen-bond acceptors (Lipinski definition) is 5. The third-order valence-corrected chi connectivity index (χ3v) is 6.07. The number of carbonyl (C=O) groups excluding carboxylic acids is 2. The fourth-order valence-electron chi connectivity index (χ4n) is 4.00. The first-order valence-corrected chi connectivity index (χ1v) is 11.9. The van der Waals surface area contributed by atoms with Crippen LogP contribution in [-0.2, 0) is 9.59 Å². The molecule has 1 aliphatic rings. The van der Waals surface area contributed by atoms with E-state index in [4.69, 9.17) is 4.74 Å². The number of rotatable bonds is 8. The highest BCUT2D eigenvalue weighted by Crippen LogP contribution is 2.40. The quantitative estimate of drug-likeness (QED) is 0.307. The Hall–Kier alpha value is -2.64. The Morgan fingerprint density at radius 2 is 1.82 bits per heavy atom. The van der Waals surface area contributed by atoms with Crippen molar-refractivity contribution in [3.63, 3.8) is 0 Å². The van der Waals surface area contributed by atoms with Crippen molar-refractivity contribution in [3.05, 3.63) is 69.2 Å². The lowest BCUT2D eigenvalue weighted by atomic mass is 9.94. The molecular weight excluding hydrogens is 484 g/mol.